The monoisotopic (exact) mass is 291 g/mol. The van der Waals surface area contributed by atoms with Crippen molar-refractivity contribution in [3.05, 3.63) is 35.8 Å². The highest BCUT2D eigenvalue weighted by atomic mass is 19.1. The molecule has 3 rings (SSSR count). The van der Waals surface area contributed by atoms with Gasteiger partial charge in [0.2, 0.25) is 0 Å². The Kier molecular flexibility index (Phi) is 3.92. The van der Waals surface area contributed by atoms with E-state index in [2.05, 4.69) is 5.32 Å². The van der Waals surface area contributed by atoms with Crippen LogP contribution >= 0.6 is 0 Å². The van der Waals surface area contributed by atoms with Gasteiger partial charge in [-0.15, -0.1) is 0 Å². The van der Waals surface area contributed by atoms with Gasteiger partial charge in [0.05, 0.1) is 6.10 Å². The second-order valence-corrected chi connectivity index (χ2v) is 5.61. The Hall–Kier alpha value is -1.88. The molecule has 1 aliphatic carbocycles. The number of benzene rings is 1. The number of carbonyl (C=O) groups is 1. The van der Waals surface area contributed by atoms with Crippen molar-refractivity contribution in [3.8, 4) is 0 Å². The minimum atomic E-state index is -0.515. The number of carbonyl (C=O) groups excluding carboxylic acids is 1. The van der Waals surface area contributed by atoms with Crippen LogP contribution in [0.25, 0.3) is 11.0 Å². The van der Waals surface area contributed by atoms with E-state index in [-0.39, 0.29) is 29.9 Å². The van der Waals surface area contributed by atoms with Crippen molar-refractivity contribution in [3.63, 3.8) is 0 Å². The first-order valence-corrected chi connectivity index (χ1v) is 7.29. The minimum Gasteiger partial charge on any atom is -0.451 e. The highest BCUT2D eigenvalue weighted by Crippen LogP contribution is 2.27. The molecule has 0 saturated heterocycles. The highest BCUT2D eigenvalue weighted by Gasteiger charge is 2.24. The standard InChI is InChI=1S/C16H18FNO3/c17-12-5-6-14-11(7-12)8-15(21-14)16(20)18-9-13(19)10-3-1-2-4-10/h5-8,10,13,19H,1-4,9H2,(H,18,20). The lowest BCUT2D eigenvalue weighted by Crippen LogP contribution is -2.35. The SMILES string of the molecule is O=C(NCC(O)C1CCCC1)c1cc2cc(F)ccc2o1. The zero-order valence-electron chi connectivity index (χ0n) is 11.6. The van der Waals surface area contributed by atoms with Crippen LogP contribution in [0.2, 0.25) is 0 Å². The molecule has 2 aromatic rings. The molecule has 0 spiro atoms. The number of hydrogen-bond donors (Lipinski definition) is 2. The Bertz CT molecular complexity index is 646. The maximum atomic E-state index is 13.1. The van der Waals surface area contributed by atoms with Crippen LogP contribution in [0.3, 0.4) is 0 Å². The Balaban J connectivity index is 1.63. The molecule has 5 heteroatoms. The molecular formula is C16H18FNO3. The van der Waals surface area contributed by atoms with Crippen LogP contribution in [-0.2, 0) is 0 Å². The van der Waals surface area contributed by atoms with Crippen molar-refractivity contribution in [2.75, 3.05) is 6.54 Å². The number of aliphatic hydroxyl groups excluding tert-OH is 1. The Morgan fingerprint density at radius 2 is 2.14 bits per heavy atom. The fourth-order valence-electron chi connectivity index (χ4n) is 2.92. The first kappa shape index (κ1) is 14.1. The molecule has 1 fully saturated rings. The van der Waals surface area contributed by atoms with E-state index < -0.39 is 6.10 Å². The van der Waals surface area contributed by atoms with Gasteiger partial charge in [-0.05, 0) is 43.0 Å². The average molecular weight is 291 g/mol. The number of rotatable bonds is 4. The number of hydrogen-bond acceptors (Lipinski definition) is 3. The summed E-state index contributed by atoms with van der Waals surface area (Å²) in [7, 11) is 0. The second-order valence-electron chi connectivity index (χ2n) is 5.61. The molecule has 2 N–H and O–H groups in total. The lowest BCUT2D eigenvalue weighted by Gasteiger charge is -2.17. The Morgan fingerprint density at radius 1 is 1.38 bits per heavy atom. The number of aliphatic hydroxyl groups is 1. The molecule has 4 nitrogen and oxygen atoms in total. The summed E-state index contributed by atoms with van der Waals surface area (Å²) in [5.41, 5.74) is 0.470. The van der Waals surface area contributed by atoms with Crippen LogP contribution in [0.1, 0.15) is 36.2 Å². The number of furan rings is 1. The molecule has 0 radical (unpaired) electrons. The van der Waals surface area contributed by atoms with E-state index in [1.807, 2.05) is 0 Å². The van der Waals surface area contributed by atoms with E-state index in [0.717, 1.165) is 25.7 Å². The maximum Gasteiger partial charge on any atom is 0.287 e. The Labute approximate surface area is 121 Å². The van der Waals surface area contributed by atoms with Crippen molar-refractivity contribution < 1.29 is 18.7 Å². The molecule has 1 aromatic carbocycles. The van der Waals surface area contributed by atoms with Crippen LogP contribution in [0.15, 0.2) is 28.7 Å². The summed E-state index contributed by atoms with van der Waals surface area (Å²) in [5, 5.41) is 13.3. The summed E-state index contributed by atoms with van der Waals surface area (Å²) in [6.45, 7) is 0.217. The van der Waals surface area contributed by atoms with E-state index in [1.54, 1.807) is 0 Å². The summed E-state index contributed by atoms with van der Waals surface area (Å²) >= 11 is 0. The van der Waals surface area contributed by atoms with Crippen molar-refractivity contribution in [1.82, 2.24) is 5.32 Å². The van der Waals surface area contributed by atoms with Crippen LogP contribution in [0, 0.1) is 11.7 Å². The maximum absolute atomic E-state index is 13.1. The first-order chi connectivity index (χ1) is 10.1. The van der Waals surface area contributed by atoms with Gasteiger partial charge < -0.3 is 14.8 Å². The third-order valence-corrected chi connectivity index (χ3v) is 4.12. The van der Waals surface area contributed by atoms with Gasteiger partial charge in [-0.25, -0.2) is 4.39 Å². The van der Waals surface area contributed by atoms with Crippen molar-refractivity contribution >= 4 is 16.9 Å². The quantitative estimate of drug-likeness (QED) is 0.910. The fourth-order valence-corrected chi connectivity index (χ4v) is 2.92. The molecule has 1 unspecified atom stereocenters. The smallest absolute Gasteiger partial charge is 0.287 e. The van der Waals surface area contributed by atoms with Crippen molar-refractivity contribution in [2.45, 2.75) is 31.8 Å². The molecule has 112 valence electrons. The van der Waals surface area contributed by atoms with Crippen molar-refractivity contribution in [2.24, 2.45) is 5.92 Å². The van der Waals surface area contributed by atoms with Gasteiger partial charge >= 0.3 is 0 Å². The molecule has 0 aliphatic heterocycles. The molecule has 1 atom stereocenters. The largest absolute Gasteiger partial charge is 0.451 e. The summed E-state index contributed by atoms with van der Waals surface area (Å²) in [5.74, 6) is -0.347. The number of amides is 1. The molecule has 1 aromatic heterocycles. The molecule has 1 aliphatic rings. The molecule has 1 heterocycles. The van der Waals surface area contributed by atoms with Gasteiger partial charge in [-0.1, -0.05) is 12.8 Å². The third-order valence-electron chi connectivity index (χ3n) is 4.12. The second kappa shape index (κ2) is 5.85. The number of nitrogens with one attached hydrogen (secondary N) is 1. The van der Waals surface area contributed by atoms with E-state index in [9.17, 15) is 14.3 Å². The van der Waals surface area contributed by atoms with Crippen LogP contribution in [0.5, 0.6) is 0 Å². The molecule has 21 heavy (non-hydrogen) atoms. The highest BCUT2D eigenvalue weighted by molar-refractivity contribution is 5.96. The third kappa shape index (κ3) is 3.08. The fraction of sp³-hybridized carbons (Fsp3) is 0.438. The van der Waals surface area contributed by atoms with Gasteiger partial charge in [0, 0.05) is 11.9 Å². The topological polar surface area (TPSA) is 62.5 Å². The van der Waals surface area contributed by atoms with Gasteiger partial charge in [-0.3, -0.25) is 4.79 Å². The molecule has 0 bridgehead atoms. The van der Waals surface area contributed by atoms with Crippen LogP contribution < -0.4 is 5.32 Å². The predicted octanol–water partition coefficient (Wildman–Crippen LogP) is 2.85. The zero-order chi connectivity index (χ0) is 14.8. The van der Waals surface area contributed by atoms with Crippen LogP contribution in [0.4, 0.5) is 4.39 Å². The summed E-state index contributed by atoms with van der Waals surface area (Å²) < 4.78 is 18.5. The van der Waals surface area contributed by atoms with Crippen LogP contribution in [-0.4, -0.2) is 23.7 Å². The number of halogens is 1. The lowest BCUT2D eigenvalue weighted by atomic mass is 10.0. The van der Waals surface area contributed by atoms with E-state index in [1.165, 1.54) is 24.3 Å². The Morgan fingerprint density at radius 3 is 2.90 bits per heavy atom. The molecular weight excluding hydrogens is 273 g/mol. The molecule has 1 saturated carbocycles. The zero-order valence-corrected chi connectivity index (χ0v) is 11.6. The van der Waals surface area contributed by atoms with Gasteiger partial charge in [0.1, 0.15) is 11.4 Å². The molecule has 1 amide bonds. The van der Waals surface area contributed by atoms with Gasteiger partial charge in [0.15, 0.2) is 5.76 Å². The summed E-state index contributed by atoms with van der Waals surface area (Å²) in [6.07, 6.45) is 3.80. The average Bonchev–Trinajstić information content (AvgIpc) is 3.12. The van der Waals surface area contributed by atoms with E-state index in [0.29, 0.717) is 11.0 Å². The summed E-state index contributed by atoms with van der Waals surface area (Å²) in [6, 6.07) is 5.62. The first-order valence-electron chi connectivity index (χ1n) is 7.29. The predicted molar refractivity (Wildman–Crippen MR) is 76.5 cm³/mol. The van der Waals surface area contributed by atoms with Gasteiger partial charge in [-0.2, -0.15) is 0 Å². The van der Waals surface area contributed by atoms with Gasteiger partial charge in [0.25, 0.3) is 5.91 Å². The van der Waals surface area contributed by atoms with E-state index >= 15 is 0 Å². The van der Waals surface area contributed by atoms with Crippen molar-refractivity contribution in [1.29, 1.82) is 0 Å². The lowest BCUT2D eigenvalue weighted by molar-refractivity contribution is 0.0820. The minimum absolute atomic E-state index is 0.134. The summed E-state index contributed by atoms with van der Waals surface area (Å²) in [4.78, 5) is 12.0. The normalized spacial score (nSPS) is 17.2. The number of fused-ring (bicyclic) bond motifs is 1. The van der Waals surface area contributed by atoms with E-state index in [4.69, 9.17) is 4.42 Å².